The standard InChI is InChI=1S/C15H19N3O2S/c1-11-16-15(17-20-11)12-4-2-8-18(10-12)14(19)7-6-13-5-3-9-21-13/h3,5,9,12H,2,4,6-8,10H2,1H3/t12-/m1/s1. The Morgan fingerprint density at radius 1 is 1.57 bits per heavy atom. The molecule has 2 aromatic rings. The molecule has 3 rings (SSSR count). The highest BCUT2D eigenvalue weighted by molar-refractivity contribution is 7.09. The average molecular weight is 305 g/mol. The molecule has 3 heterocycles. The molecule has 0 N–H and O–H groups in total. The zero-order chi connectivity index (χ0) is 14.7. The Morgan fingerprint density at radius 3 is 3.19 bits per heavy atom. The Morgan fingerprint density at radius 2 is 2.48 bits per heavy atom. The maximum Gasteiger partial charge on any atom is 0.223 e. The van der Waals surface area contributed by atoms with Crippen molar-refractivity contribution < 1.29 is 9.32 Å². The van der Waals surface area contributed by atoms with Crippen molar-refractivity contribution >= 4 is 17.2 Å². The molecule has 1 aliphatic heterocycles. The normalized spacial score (nSPS) is 18.9. The van der Waals surface area contributed by atoms with Gasteiger partial charge in [-0.1, -0.05) is 11.2 Å². The van der Waals surface area contributed by atoms with Crippen LogP contribution in [0, 0.1) is 6.92 Å². The first kappa shape index (κ1) is 14.3. The molecule has 0 saturated carbocycles. The van der Waals surface area contributed by atoms with Crippen molar-refractivity contribution in [1.29, 1.82) is 0 Å². The van der Waals surface area contributed by atoms with E-state index in [0.29, 0.717) is 18.9 Å². The lowest BCUT2D eigenvalue weighted by Crippen LogP contribution is -2.39. The van der Waals surface area contributed by atoms with Gasteiger partial charge in [0.05, 0.1) is 0 Å². The Kier molecular flexibility index (Phi) is 4.34. The maximum atomic E-state index is 12.3. The molecule has 0 radical (unpaired) electrons. The van der Waals surface area contributed by atoms with Gasteiger partial charge in [0.25, 0.3) is 0 Å². The summed E-state index contributed by atoms with van der Waals surface area (Å²) in [5.41, 5.74) is 0. The number of thiophene rings is 1. The number of amides is 1. The van der Waals surface area contributed by atoms with Crippen molar-refractivity contribution in [3.63, 3.8) is 0 Å². The second-order valence-corrected chi connectivity index (χ2v) is 6.46. The van der Waals surface area contributed by atoms with Crippen LogP contribution in [0.1, 0.15) is 41.8 Å². The molecule has 0 aromatic carbocycles. The number of nitrogens with zero attached hydrogens (tertiary/aromatic N) is 3. The van der Waals surface area contributed by atoms with Crippen molar-refractivity contribution in [2.24, 2.45) is 0 Å². The third kappa shape index (κ3) is 3.50. The Hall–Kier alpha value is -1.69. The van der Waals surface area contributed by atoms with Crippen LogP contribution in [0.3, 0.4) is 0 Å². The van der Waals surface area contributed by atoms with Gasteiger partial charge in [-0.05, 0) is 30.7 Å². The van der Waals surface area contributed by atoms with Gasteiger partial charge < -0.3 is 9.42 Å². The van der Waals surface area contributed by atoms with Gasteiger partial charge in [0, 0.05) is 37.2 Å². The van der Waals surface area contributed by atoms with E-state index in [1.54, 1.807) is 18.3 Å². The number of hydrogen-bond donors (Lipinski definition) is 0. The summed E-state index contributed by atoms with van der Waals surface area (Å²) < 4.78 is 5.05. The van der Waals surface area contributed by atoms with E-state index in [1.165, 1.54) is 4.88 Å². The van der Waals surface area contributed by atoms with Crippen LogP contribution in [0.4, 0.5) is 0 Å². The van der Waals surface area contributed by atoms with Gasteiger partial charge in [-0.2, -0.15) is 4.98 Å². The number of carbonyl (C=O) groups is 1. The van der Waals surface area contributed by atoms with Gasteiger partial charge >= 0.3 is 0 Å². The smallest absolute Gasteiger partial charge is 0.223 e. The fourth-order valence-corrected chi connectivity index (χ4v) is 3.45. The number of aromatic nitrogens is 2. The monoisotopic (exact) mass is 305 g/mol. The molecule has 1 fully saturated rings. The molecule has 2 aromatic heterocycles. The third-order valence-electron chi connectivity index (χ3n) is 3.85. The van der Waals surface area contributed by atoms with Crippen molar-refractivity contribution in [3.8, 4) is 0 Å². The Balaban J connectivity index is 1.56. The van der Waals surface area contributed by atoms with Crippen LogP contribution in [0.5, 0.6) is 0 Å². The minimum absolute atomic E-state index is 0.210. The maximum absolute atomic E-state index is 12.3. The molecule has 1 saturated heterocycles. The minimum Gasteiger partial charge on any atom is -0.342 e. The molecular formula is C15H19N3O2S. The quantitative estimate of drug-likeness (QED) is 0.871. The van der Waals surface area contributed by atoms with Gasteiger partial charge in [0.15, 0.2) is 5.82 Å². The van der Waals surface area contributed by atoms with E-state index in [-0.39, 0.29) is 11.8 Å². The number of rotatable bonds is 4. The highest BCUT2D eigenvalue weighted by atomic mass is 32.1. The van der Waals surface area contributed by atoms with Crippen LogP contribution in [-0.4, -0.2) is 34.0 Å². The van der Waals surface area contributed by atoms with Crippen molar-refractivity contribution in [2.45, 2.75) is 38.5 Å². The van der Waals surface area contributed by atoms with Gasteiger partial charge in [0.2, 0.25) is 11.8 Å². The molecule has 21 heavy (non-hydrogen) atoms. The molecule has 6 heteroatoms. The molecular weight excluding hydrogens is 286 g/mol. The zero-order valence-corrected chi connectivity index (χ0v) is 12.9. The van der Waals surface area contributed by atoms with Crippen LogP contribution in [0.2, 0.25) is 0 Å². The zero-order valence-electron chi connectivity index (χ0n) is 12.1. The molecule has 1 amide bonds. The van der Waals surface area contributed by atoms with Gasteiger partial charge in [-0.15, -0.1) is 11.3 Å². The van der Waals surface area contributed by atoms with E-state index >= 15 is 0 Å². The summed E-state index contributed by atoms with van der Waals surface area (Å²) in [6.45, 7) is 3.35. The molecule has 5 nitrogen and oxygen atoms in total. The van der Waals surface area contributed by atoms with E-state index in [0.717, 1.165) is 31.6 Å². The number of hydrogen-bond acceptors (Lipinski definition) is 5. The number of aryl methyl sites for hydroxylation is 2. The summed E-state index contributed by atoms with van der Waals surface area (Å²) in [6, 6.07) is 4.11. The first-order chi connectivity index (χ1) is 10.2. The summed E-state index contributed by atoms with van der Waals surface area (Å²) in [5.74, 6) is 1.77. The topological polar surface area (TPSA) is 59.2 Å². The summed E-state index contributed by atoms with van der Waals surface area (Å²) >= 11 is 1.71. The average Bonchev–Trinajstić information content (AvgIpc) is 3.16. The molecule has 1 aliphatic rings. The summed E-state index contributed by atoms with van der Waals surface area (Å²) in [5, 5.41) is 6.05. The van der Waals surface area contributed by atoms with Gasteiger partial charge in [0.1, 0.15) is 0 Å². The molecule has 0 unspecified atom stereocenters. The van der Waals surface area contributed by atoms with Crippen LogP contribution in [0.25, 0.3) is 0 Å². The van der Waals surface area contributed by atoms with E-state index < -0.39 is 0 Å². The summed E-state index contributed by atoms with van der Waals surface area (Å²) in [6.07, 6.45) is 3.44. The van der Waals surface area contributed by atoms with Crippen molar-refractivity contribution in [3.05, 3.63) is 34.1 Å². The van der Waals surface area contributed by atoms with Crippen LogP contribution >= 0.6 is 11.3 Å². The van der Waals surface area contributed by atoms with E-state index in [9.17, 15) is 4.79 Å². The first-order valence-electron chi connectivity index (χ1n) is 7.33. The molecule has 0 aliphatic carbocycles. The summed E-state index contributed by atoms with van der Waals surface area (Å²) in [7, 11) is 0. The molecule has 112 valence electrons. The fraction of sp³-hybridized carbons (Fsp3) is 0.533. The highest BCUT2D eigenvalue weighted by Gasteiger charge is 2.27. The van der Waals surface area contributed by atoms with E-state index in [4.69, 9.17) is 4.52 Å². The Labute approximate surface area is 128 Å². The Bertz CT molecular complexity index is 594. The second-order valence-electron chi connectivity index (χ2n) is 5.43. The van der Waals surface area contributed by atoms with Crippen LogP contribution < -0.4 is 0 Å². The lowest BCUT2D eigenvalue weighted by Gasteiger charge is -2.31. The third-order valence-corrected chi connectivity index (χ3v) is 4.78. The van der Waals surface area contributed by atoms with E-state index in [1.807, 2.05) is 11.0 Å². The number of likely N-dealkylation sites (tertiary alicyclic amines) is 1. The first-order valence-corrected chi connectivity index (χ1v) is 8.20. The predicted octanol–water partition coefficient (Wildman–Crippen LogP) is 2.78. The molecule has 0 spiro atoms. The highest BCUT2D eigenvalue weighted by Crippen LogP contribution is 2.25. The van der Waals surface area contributed by atoms with Gasteiger partial charge in [-0.3, -0.25) is 4.79 Å². The van der Waals surface area contributed by atoms with E-state index in [2.05, 4.69) is 21.6 Å². The fourth-order valence-electron chi connectivity index (χ4n) is 2.74. The van der Waals surface area contributed by atoms with Crippen molar-refractivity contribution in [1.82, 2.24) is 15.0 Å². The van der Waals surface area contributed by atoms with Gasteiger partial charge in [-0.25, -0.2) is 0 Å². The minimum atomic E-state index is 0.210. The SMILES string of the molecule is Cc1nc([C@@H]2CCCN(C(=O)CCc3cccs3)C2)no1. The lowest BCUT2D eigenvalue weighted by molar-refractivity contribution is -0.132. The largest absolute Gasteiger partial charge is 0.342 e. The number of carbonyl (C=O) groups excluding carboxylic acids is 1. The summed E-state index contributed by atoms with van der Waals surface area (Å²) in [4.78, 5) is 19.9. The van der Waals surface area contributed by atoms with Crippen LogP contribution in [0.15, 0.2) is 22.0 Å². The molecule has 1 atom stereocenters. The van der Waals surface area contributed by atoms with Crippen molar-refractivity contribution in [2.75, 3.05) is 13.1 Å². The lowest BCUT2D eigenvalue weighted by atomic mass is 9.97. The molecule has 0 bridgehead atoms. The predicted molar refractivity (Wildman–Crippen MR) is 80.2 cm³/mol. The van der Waals surface area contributed by atoms with Crippen LogP contribution in [-0.2, 0) is 11.2 Å². The second kappa shape index (κ2) is 6.39. The number of piperidine rings is 1.